The number of carbonyl (C=O) groups excluding carboxylic acids is 1. The fourth-order valence-corrected chi connectivity index (χ4v) is 5.26. The lowest BCUT2D eigenvalue weighted by molar-refractivity contribution is 0.102. The number of rotatable bonds is 10. The fraction of sp³-hybridized carbons (Fsp3) is 0.207. The first-order chi connectivity index (χ1) is 18.3. The van der Waals surface area contributed by atoms with Crippen molar-refractivity contribution in [3.8, 4) is 5.75 Å². The van der Waals surface area contributed by atoms with Crippen molar-refractivity contribution in [3.63, 3.8) is 0 Å². The number of hydrogen-bond acceptors (Lipinski definition) is 6. The Morgan fingerprint density at radius 1 is 0.895 bits per heavy atom. The zero-order valence-corrected chi connectivity index (χ0v) is 22.4. The van der Waals surface area contributed by atoms with Gasteiger partial charge in [-0.2, -0.15) is 4.31 Å². The van der Waals surface area contributed by atoms with Crippen molar-refractivity contribution < 1.29 is 17.9 Å². The number of sulfonamides is 1. The minimum absolute atomic E-state index is 0.127. The number of ether oxygens (including phenoxy) is 1. The summed E-state index contributed by atoms with van der Waals surface area (Å²) in [5.41, 5.74) is 3.53. The van der Waals surface area contributed by atoms with Crippen LogP contribution in [0, 0.1) is 0 Å². The van der Waals surface area contributed by atoms with Gasteiger partial charge in [0, 0.05) is 31.2 Å². The number of nitrogens with one attached hydrogen (secondary N) is 1. The molecule has 0 unspecified atom stereocenters. The van der Waals surface area contributed by atoms with Gasteiger partial charge < -0.3 is 10.1 Å². The van der Waals surface area contributed by atoms with Crippen LogP contribution in [0.3, 0.4) is 0 Å². The van der Waals surface area contributed by atoms with Gasteiger partial charge in [-0.3, -0.25) is 9.78 Å². The molecule has 9 heteroatoms. The van der Waals surface area contributed by atoms with Gasteiger partial charge in [0.2, 0.25) is 10.0 Å². The second-order valence-corrected chi connectivity index (χ2v) is 11.0. The lowest BCUT2D eigenvalue weighted by atomic mass is 10.0. The molecule has 0 radical (unpaired) electrons. The summed E-state index contributed by atoms with van der Waals surface area (Å²) < 4.78 is 34.3. The van der Waals surface area contributed by atoms with Crippen LogP contribution in [-0.4, -0.2) is 35.7 Å². The van der Waals surface area contributed by atoms with Crippen LogP contribution in [0.5, 0.6) is 5.75 Å². The molecular formula is C29H30N4O4S. The Bertz CT molecular complexity index is 1460. The molecule has 1 aromatic heterocycles. The normalized spacial score (nSPS) is 11.5. The zero-order chi connectivity index (χ0) is 27.1. The molecule has 3 aromatic carbocycles. The largest absolute Gasteiger partial charge is 0.497 e. The van der Waals surface area contributed by atoms with E-state index in [1.165, 1.54) is 40.6 Å². The molecule has 0 atom stereocenters. The van der Waals surface area contributed by atoms with E-state index in [1.807, 2.05) is 48.5 Å². The van der Waals surface area contributed by atoms with Gasteiger partial charge in [0.05, 0.1) is 18.2 Å². The molecule has 0 spiro atoms. The highest BCUT2D eigenvalue weighted by molar-refractivity contribution is 7.89. The number of amides is 1. The number of benzene rings is 3. The van der Waals surface area contributed by atoms with Crippen LogP contribution < -0.4 is 10.1 Å². The molecule has 38 heavy (non-hydrogen) atoms. The van der Waals surface area contributed by atoms with Gasteiger partial charge in [0.25, 0.3) is 5.91 Å². The molecule has 0 fully saturated rings. The standard InChI is InChI=1S/C29H30N4O4S/c1-21(2)24-8-4-22(5-9-24)19-33(20-23-6-12-26(37-3)13-7-23)38(35,36)27-14-10-25(11-15-27)32-29(34)28-18-30-16-17-31-28/h4-18,21H,19-20H2,1-3H3,(H,32,34). The van der Waals surface area contributed by atoms with Crippen LogP contribution in [0.25, 0.3) is 0 Å². The van der Waals surface area contributed by atoms with Crippen LogP contribution in [-0.2, 0) is 23.1 Å². The Morgan fingerprint density at radius 2 is 1.50 bits per heavy atom. The number of aromatic nitrogens is 2. The number of anilines is 1. The summed E-state index contributed by atoms with van der Waals surface area (Å²) >= 11 is 0. The Labute approximate surface area is 223 Å². The van der Waals surface area contributed by atoms with Crippen molar-refractivity contribution in [2.45, 2.75) is 37.8 Å². The van der Waals surface area contributed by atoms with Gasteiger partial charge in [-0.15, -0.1) is 0 Å². The van der Waals surface area contributed by atoms with Crippen LogP contribution in [0.15, 0.2) is 96.3 Å². The molecular weight excluding hydrogens is 500 g/mol. The zero-order valence-electron chi connectivity index (χ0n) is 21.5. The Balaban J connectivity index is 1.58. The van der Waals surface area contributed by atoms with E-state index in [9.17, 15) is 13.2 Å². The SMILES string of the molecule is COc1ccc(CN(Cc2ccc(C(C)C)cc2)S(=O)(=O)c2ccc(NC(=O)c3cnccn3)cc2)cc1. The Kier molecular flexibility index (Phi) is 8.50. The number of carbonyl (C=O) groups is 1. The van der Waals surface area contributed by atoms with E-state index in [1.54, 1.807) is 19.2 Å². The van der Waals surface area contributed by atoms with Crippen LogP contribution in [0.1, 0.15) is 46.9 Å². The summed E-state index contributed by atoms with van der Waals surface area (Å²) in [5, 5.41) is 2.71. The molecule has 0 aliphatic carbocycles. The lowest BCUT2D eigenvalue weighted by Gasteiger charge is -2.23. The molecule has 0 bridgehead atoms. The highest BCUT2D eigenvalue weighted by Gasteiger charge is 2.25. The molecule has 1 heterocycles. The quantitative estimate of drug-likeness (QED) is 0.300. The van der Waals surface area contributed by atoms with Gasteiger partial charge >= 0.3 is 0 Å². The van der Waals surface area contributed by atoms with Crippen molar-refractivity contribution in [1.29, 1.82) is 0 Å². The highest BCUT2D eigenvalue weighted by atomic mass is 32.2. The van der Waals surface area contributed by atoms with Crippen molar-refractivity contribution in [3.05, 3.63) is 114 Å². The smallest absolute Gasteiger partial charge is 0.275 e. The number of nitrogens with zero attached hydrogens (tertiary/aromatic N) is 3. The first-order valence-corrected chi connectivity index (χ1v) is 13.6. The molecule has 1 N–H and O–H groups in total. The van der Waals surface area contributed by atoms with Crippen LogP contribution in [0.2, 0.25) is 0 Å². The number of hydrogen-bond donors (Lipinski definition) is 1. The van der Waals surface area contributed by atoms with Gasteiger partial charge in [-0.1, -0.05) is 50.2 Å². The van der Waals surface area contributed by atoms with E-state index in [2.05, 4.69) is 29.1 Å². The molecule has 196 valence electrons. The second-order valence-electron chi connectivity index (χ2n) is 9.09. The summed E-state index contributed by atoms with van der Waals surface area (Å²) in [6.45, 7) is 4.63. The third kappa shape index (κ3) is 6.62. The van der Waals surface area contributed by atoms with E-state index in [4.69, 9.17) is 4.74 Å². The minimum Gasteiger partial charge on any atom is -0.497 e. The molecule has 4 aromatic rings. The summed E-state index contributed by atoms with van der Waals surface area (Å²) in [7, 11) is -2.28. The predicted molar refractivity (Wildman–Crippen MR) is 146 cm³/mol. The first kappa shape index (κ1) is 27.0. The maximum atomic E-state index is 13.8. The number of methoxy groups -OCH3 is 1. The maximum Gasteiger partial charge on any atom is 0.275 e. The van der Waals surface area contributed by atoms with Crippen molar-refractivity contribution in [1.82, 2.24) is 14.3 Å². The Hall–Kier alpha value is -4.08. The van der Waals surface area contributed by atoms with Crippen molar-refractivity contribution in [2.24, 2.45) is 0 Å². The van der Waals surface area contributed by atoms with E-state index in [0.29, 0.717) is 17.4 Å². The highest BCUT2D eigenvalue weighted by Crippen LogP contribution is 2.25. The molecule has 1 amide bonds. The minimum atomic E-state index is -3.87. The monoisotopic (exact) mass is 530 g/mol. The third-order valence-electron chi connectivity index (χ3n) is 6.07. The average molecular weight is 531 g/mol. The van der Waals surface area contributed by atoms with Gasteiger partial charge in [0.15, 0.2) is 0 Å². The molecule has 0 saturated heterocycles. The van der Waals surface area contributed by atoms with E-state index < -0.39 is 15.9 Å². The summed E-state index contributed by atoms with van der Waals surface area (Å²) in [5.74, 6) is 0.655. The van der Waals surface area contributed by atoms with Gasteiger partial charge in [-0.05, 0) is 59.0 Å². The van der Waals surface area contributed by atoms with E-state index >= 15 is 0 Å². The summed E-state index contributed by atoms with van der Waals surface area (Å²) in [4.78, 5) is 20.4. The predicted octanol–water partition coefficient (Wildman–Crippen LogP) is 5.25. The molecule has 0 saturated carbocycles. The Morgan fingerprint density at radius 3 is 2.03 bits per heavy atom. The average Bonchev–Trinajstić information content (AvgIpc) is 2.94. The lowest BCUT2D eigenvalue weighted by Crippen LogP contribution is -2.30. The molecule has 0 aliphatic heterocycles. The third-order valence-corrected chi connectivity index (χ3v) is 7.87. The topological polar surface area (TPSA) is 101 Å². The summed E-state index contributed by atoms with van der Waals surface area (Å²) in [6.07, 6.45) is 4.27. The van der Waals surface area contributed by atoms with Gasteiger partial charge in [-0.25, -0.2) is 13.4 Å². The van der Waals surface area contributed by atoms with E-state index in [-0.39, 0.29) is 23.7 Å². The molecule has 0 aliphatic rings. The van der Waals surface area contributed by atoms with Crippen molar-refractivity contribution >= 4 is 21.6 Å². The van der Waals surface area contributed by atoms with E-state index in [0.717, 1.165) is 11.1 Å². The first-order valence-electron chi connectivity index (χ1n) is 12.2. The second kappa shape index (κ2) is 12.0. The summed E-state index contributed by atoms with van der Waals surface area (Å²) in [6, 6.07) is 21.4. The maximum absolute atomic E-state index is 13.8. The van der Waals surface area contributed by atoms with Crippen LogP contribution in [0.4, 0.5) is 5.69 Å². The van der Waals surface area contributed by atoms with Gasteiger partial charge in [0.1, 0.15) is 11.4 Å². The van der Waals surface area contributed by atoms with Crippen molar-refractivity contribution in [2.75, 3.05) is 12.4 Å². The molecule has 4 rings (SSSR count). The molecule has 8 nitrogen and oxygen atoms in total. The van der Waals surface area contributed by atoms with Crippen LogP contribution >= 0.6 is 0 Å². The fourth-order valence-electron chi connectivity index (χ4n) is 3.84.